The van der Waals surface area contributed by atoms with Crippen molar-refractivity contribution in [3.8, 4) is 5.88 Å². The van der Waals surface area contributed by atoms with Crippen LogP contribution in [0.3, 0.4) is 0 Å². The summed E-state index contributed by atoms with van der Waals surface area (Å²) in [7, 11) is 3.32. The Kier molecular flexibility index (Phi) is 8.14. The van der Waals surface area contributed by atoms with Crippen molar-refractivity contribution < 1.29 is 9.15 Å². The summed E-state index contributed by atoms with van der Waals surface area (Å²) in [5.41, 5.74) is 0.983. The molecule has 138 valence electrons. The zero-order valence-electron chi connectivity index (χ0n) is 15.3. The first-order valence-corrected chi connectivity index (χ1v) is 7.81. The molecule has 0 saturated heterocycles. The second-order valence-electron chi connectivity index (χ2n) is 6.36. The van der Waals surface area contributed by atoms with E-state index in [1.165, 1.54) is 0 Å². The van der Waals surface area contributed by atoms with Gasteiger partial charge in [0, 0.05) is 31.3 Å². The van der Waals surface area contributed by atoms with Crippen molar-refractivity contribution in [3.63, 3.8) is 0 Å². The van der Waals surface area contributed by atoms with Crippen LogP contribution < -0.4 is 15.4 Å². The van der Waals surface area contributed by atoms with Gasteiger partial charge >= 0.3 is 0 Å². The maximum Gasteiger partial charge on any atom is 0.213 e. The molecule has 7 nitrogen and oxygen atoms in total. The molecule has 0 fully saturated rings. The third-order valence-electron chi connectivity index (χ3n) is 3.39. The lowest BCUT2D eigenvalue weighted by Crippen LogP contribution is -2.36. The molecule has 0 unspecified atom stereocenters. The molecule has 0 aliphatic rings. The van der Waals surface area contributed by atoms with Crippen molar-refractivity contribution in [3.05, 3.63) is 41.7 Å². The Bertz CT molecular complexity index is 677. The molecule has 2 aromatic heterocycles. The van der Waals surface area contributed by atoms with Crippen LogP contribution in [0.4, 0.5) is 0 Å². The van der Waals surface area contributed by atoms with Crippen LogP contribution in [0, 0.1) is 0 Å². The highest BCUT2D eigenvalue weighted by Gasteiger charge is 2.19. The summed E-state index contributed by atoms with van der Waals surface area (Å²) in [6.07, 6.45) is 3.54. The molecule has 2 aromatic rings. The number of hydrogen-bond acceptors (Lipinski definition) is 5. The molecule has 0 aliphatic carbocycles. The number of pyridine rings is 1. The molecule has 0 amide bonds. The summed E-state index contributed by atoms with van der Waals surface area (Å²) < 4.78 is 10.8. The molecule has 0 aromatic carbocycles. The zero-order valence-corrected chi connectivity index (χ0v) is 17.6. The Hall–Kier alpha value is -1.84. The predicted octanol–water partition coefficient (Wildman–Crippen LogP) is 2.86. The molecule has 0 atom stereocenters. The number of halogens is 1. The second kappa shape index (κ2) is 9.59. The average molecular weight is 459 g/mol. The summed E-state index contributed by atoms with van der Waals surface area (Å²) in [6.45, 7) is 7.35. The Balaban J connectivity index is 0.00000312. The van der Waals surface area contributed by atoms with Crippen molar-refractivity contribution in [2.45, 2.75) is 39.3 Å². The molecule has 0 radical (unpaired) electrons. The van der Waals surface area contributed by atoms with E-state index in [1.54, 1.807) is 26.6 Å². The minimum absolute atomic E-state index is 0. The van der Waals surface area contributed by atoms with Crippen molar-refractivity contribution in [2.24, 2.45) is 4.99 Å². The van der Waals surface area contributed by atoms with Crippen LogP contribution in [0.1, 0.15) is 38.0 Å². The first-order valence-electron chi connectivity index (χ1n) is 7.81. The number of nitrogens with one attached hydrogen (secondary N) is 2. The zero-order chi connectivity index (χ0) is 17.6. The van der Waals surface area contributed by atoms with Crippen LogP contribution in [-0.4, -0.2) is 30.1 Å². The number of ether oxygens (including phenoxy) is 1. The molecule has 2 N–H and O–H groups in total. The number of rotatable bonds is 5. The van der Waals surface area contributed by atoms with E-state index in [9.17, 15) is 0 Å². The fourth-order valence-electron chi connectivity index (χ4n) is 1.94. The predicted molar refractivity (Wildman–Crippen MR) is 108 cm³/mol. The number of aromatic nitrogens is 2. The molecule has 8 heteroatoms. The van der Waals surface area contributed by atoms with Crippen LogP contribution in [0.15, 0.2) is 33.9 Å². The first kappa shape index (κ1) is 21.2. The maximum atomic E-state index is 5.75. The fourth-order valence-corrected chi connectivity index (χ4v) is 1.94. The molecular weight excluding hydrogens is 433 g/mol. The second-order valence-corrected chi connectivity index (χ2v) is 6.36. The molecule has 25 heavy (non-hydrogen) atoms. The van der Waals surface area contributed by atoms with E-state index in [0.717, 1.165) is 11.3 Å². The maximum absolute atomic E-state index is 5.75. The smallest absolute Gasteiger partial charge is 0.213 e. The lowest BCUT2D eigenvalue weighted by Gasteiger charge is -2.13. The van der Waals surface area contributed by atoms with Crippen molar-refractivity contribution in [1.29, 1.82) is 0 Å². The topological polar surface area (TPSA) is 84.6 Å². The van der Waals surface area contributed by atoms with Crippen molar-refractivity contribution >= 4 is 29.9 Å². The van der Waals surface area contributed by atoms with E-state index in [1.807, 2.05) is 12.1 Å². The lowest BCUT2D eigenvalue weighted by molar-refractivity contribution is 0.379. The van der Waals surface area contributed by atoms with E-state index in [-0.39, 0.29) is 29.4 Å². The Morgan fingerprint density at radius 1 is 1.16 bits per heavy atom. The SMILES string of the molecule is CN=C(NCc1ccc(OC)nc1)NCc1ncc(C(C)(C)C)o1.I. The van der Waals surface area contributed by atoms with E-state index in [0.29, 0.717) is 30.8 Å². The highest BCUT2D eigenvalue weighted by atomic mass is 127. The molecule has 0 spiro atoms. The van der Waals surface area contributed by atoms with Gasteiger partial charge < -0.3 is 19.8 Å². The number of oxazole rings is 1. The van der Waals surface area contributed by atoms with Crippen LogP contribution >= 0.6 is 24.0 Å². The van der Waals surface area contributed by atoms with Gasteiger partial charge in [-0.05, 0) is 5.56 Å². The highest BCUT2D eigenvalue weighted by Crippen LogP contribution is 2.22. The van der Waals surface area contributed by atoms with Crippen molar-refractivity contribution in [2.75, 3.05) is 14.2 Å². The van der Waals surface area contributed by atoms with Gasteiger partial charge in [-0.2, -0.15) is 0 Å². The molecule has 0 bridgehead atoms. The standard InChI is InChI=1S/C17H25N5O2.HI/c1-17(2,3)13-10-20-15(24-13)11-22-16(18-4)21-9-12-6-7-14(23-5)19-8-12;/h6-8,10H,9,11H2,1-5H3,(H2,18,21,22);1H. The number of hydrogen-bond donors (Lipinski definition) is 2. The number of methoxy groups -OCH3 is 1. The van der Waals surface area contributed by atoms with Gasteiger partial charge in [0.1, 0.15) is 5.76 Å². The van der Waals surface area contributed by atoms with Crippen LogP contribution in [0.5, 0.6) is 5.88 Å². The summed E-state index contributed by atoms with van der Waals surface area (Å²) in [5, 5.41) is 6.40. The van der Waals surface area contributed by atoms with Gasteiger partial charge in [-0.25, -0.2) is 9.97 Å². The summed E-state index contributed by atoms with van der Waals surface area (Å²) >= 11 is 0. The molecule has 2 heterocycles. The summed E-state index contributed by atoms with van der Waals surface area (Å²) in [6, 6.07) is 3.78. The van der Waals surface area contributed by atoms with E-state index >= 15 is 0 Å². The normalized spacial score (nSPS) is 11.6. The number of guanidine groups is 1. The van der Waals surface area contributed by atoms with Gasteiger partial charge in [-0.1, -0.05) is 26.8 Å². The molecule has 0 saturated carbocycles. The monoisotopic (exact) mass is 459 g/mol. The molecule has 0 aliphatic heterocycles. The van der Waals surface area contributed by atoms with Crippen LogP contribution in [0.25, 0.3) is 0 Å². The fraction of sp³-hybridized carbons (Fsp3) is 0.471. The van der Waals surface area contributed by atoms with Crippen molar-refractivity contribution in [1.82, 2.24) is 20.6 Å². The Morgan fingerprint density at radius 2 is 1.88 bits per heavy atom. The van der Waals surface area contributed by atoms with Crippen LogP contribution in [-0.2, 0) is 18.5 Å². The quantitative estimate of drug-likeness (QED) is 0.407. The minimum atomic E-state index is -0.0491. The van der Waals surface area contributed by atoms with Gasteiger partial charge in [0.2, 0.25) is 11.8 Å². The highest BCUT2D eigenvalue weighted by molar-refractivity contribution is 14.0. The van der Waals surface area contributed by atoms with E-state index < -0.39 is 0 Å². The van der Waals surface area contributed by atoms with E-state index in [2.05, 4.69) is 46.4 Å². The van der Waals surface area contributed by atoms with Gasteiger partial charge in [0.05, 0.1) is 19.9 Å². The van der Waals surface area contributed by atoms with Gasteiger partial charge in [-0.15, -0.1) is 24.0 Å². The van der Waals surface area contributed by atoms with Gasteiger partial charge in [-0.3, -0.25) is 4.99 Å². The van der Waals surface area contributed by atoms with Gasteiger partial charge in [0.15, 0.2) is 5.96 Å². The lowest BCUT2D eigenvalue weighted by atomic mass is 9.94. The van der Waals surface area contributed by atoms with E-state index in [4.69, 9.17) is 9.15 Å². The largest absolute Gasteiger partial charge is 0.481 e. The molecule has 2 rings (SSSR count). The summed E-state index contributed by atoms with van der Waals surface area (Å²) in [5.74, 6) is 2.77. The minimum Gasteiger partial charge on any atom is -0.481 e. The Labute approximate surface area is 165 Å². The Morgan fingerprint density at radius 3 is 2.40 bits per heavy atom. The number of nitrogens with zero attached hydrogens (tertiary/aromatic N) is 3. The van der Waals surface area contributed by atoms with Crippen LogP contribution in [0.2, 0.25) is 0 Å². The summed E-state index contributed by atoms with van der Waals surface area (Å²) in [4.78, 5) is 12.7. The average Bonchev–Trinajstić information content (AvgIpc) is 3.05. The number of aliphatic imine (C=N–C) groups is 1. The third-order valence-corrected chi connectivity index (χ3v) is 3.39. The first-order chi connectivity index (χ1) is 11.4. The van der Waals surface area contributed by atoms with Gasteiger partial charge in [0.25, 0.3) is 0 Å². The molecular formula is C17H26IN5O2. The third kappa shape index (κ3) is 6.52.